The van der Waals surface area contributed by atoms with E-state index in [2.05, 4.69) is 46.8 Å². The summed E-state index contributed by atoms with van der Waals surface area (Å²) in [6, 6.07) is 4.29. The molecule has 4 heteroatoms. The Bertz CT molecular complexity index is 422. The molecule has 4 nitrogen and oxygen atoms in total. The highest BCUT2D eigenvalue weighted by atomic mass is 15.3. The van der Waals surface area contributed by atoms with E-state index in [9.17, 15) is 0 Å². The fraction of sp³-hybridized carbons (Fsp3) is 0.800. The smallest absolute Gasteiger partial charge is 0.124 e. The Kier molecular flexibility index (Phi) is 3.52. The maximum Gasteiger partial charge on any atom is 0.124 e. The maximum atomic E-state index is 4.42. The molecule has 0 amide bonds. The lowest BCUT2D eigenvalue weighted by Crippen LogP contribution is -2.31. The first kappa shape index (κ1) is 13.0. The Hall–Kier alpha value is -1.03. The minimum absolute atomic E-state index is 0.582. The van der Waals surface area contributed by atoms with Crippen LogP contribution in [0.2, 0.25) is 0 Å². The number of likely N-dealkylation sites (tertiary alicyclic amines) is 1. The zero-order valence-electron chi connectivity index (χ0n) is 12.3. The van der Waals surface area contributed by atoms with E-state index in [0.29, 0.717) is 12.0 Å². The van der Waals surface area contributed by atoms with Crippen molar-refractivity contribution in [1.29, 1.82) is 0 Å². The number of nitrogens with zero attached hydrogens (tertiary/aromatic N) is 3. The largest absolute Gasteiger partial charge is 0.366 e. The summed E-state index contributed by atoms with van der Waals surface area (Å²) in [6.07, 6.45) is 5.97. The van der Waals surface area contributed by atoms with Crippen LogP contribution in [0.25, 0.3) is 0 Å². The molecule has 0 spiro atoms. The number of aromatic nitrogens is 2. The Morgan fingerprint density at radius 2 is 2.21 bits per heavy atom. The van der Waals surface area contributed by atoms with Crippen molar-refractivity contribution in [2.75, 3.05) is 11.9 Å². The molecule has 2 unspecified atom stereocenters. The molecule has 2 atom stereocenters. The normalized spacial score (nSPS) is 28.2. The van der Waals surface area contributed by atoms with Crippen molar-refractivity contribution in [3.8, 4) is 0 Å². The summed E-state index contributed by atoms with van der Waals surface area (Å²) in [4.78, 5) is 2.68. The summed E-state index contributed by atoms with van der Waals surface area (Å²) in [6.45, 7) is 9.02. The van der Waals surface area contributed by atoms with Gasteiger partial charge in [-0.05, 0) is 32.1 Å². The summed E-state index contributed by atoms with van der Waals surface area (Å²) in [5, 5.41) is 8.12. The first-order chi connectivity index (χ1) is 9.13. The van der Waals surface area contributed by atoms with Crippen LogP contribution in [0.3, 0.4) is 0 Å². The number of nitrogens with one attached hydrogen (secondary N) is 1. The lowest BCUT2D eigenvalue weighted by Gasteiger charge is -2.20. The molecule has 2 heterocycles. The van der Waals surface area contributed by atoms with Gasteiger partial charge in [0, 0.05) is 37.3 Å². The fourth-order valence-electron chi connectivity index (χ4n) is 3.23. The molecule has 19 heavy (non-hydrogen) atoms. The molecule has 1 aromatic heterocycles. The number of hydrogen-bond acceptors (Lipinski definition) is 3. The Morgan fingerprint density at radius 1 is 1.42 bits per heavy atom. The average Bonchev–Trinajstić information content (AvgIpc) is 3.00. The summed E-state index contributed by atoms with van der Waals surface area (Å²) < 4.78 is 2.11. The predicted octanol–water partition coefficient (Wildman–Crippen LogP) is 2.58. The van der Waals surface area contributed by atoms with E-state index in [-0.39, 0.29) is 0 Å². The van der Waals surface area contributed by atoms with Crippen LogP contribution in [0.15, 0.2) is 12.3 Å². The molecule has 1 saturated carbocycles. The Labute approximate surface area is 116 Å². The molecule has 1 aromatic rings. The lowest BCUT2D eigenvalue weighted by molar-refractivity contribution is 0.257. The van der Waals surface area contributed by atoms with Gasteiger partial charge in [-0.1, -0.05) is 13.8 Å². The van der Waals surface area contributed by atoms with Crippen LogP contribution in [-0.4, -0.2) is 39.4 Å². The summed E-state index contributed by atoms with van der Waals surface area (Å²) in [7, 11) is 0. The third kappa shape index (κ3) is 2.94. The highest BCUT2D eigenvalue weighted by Gasteiger charge is 2.38. The SMILES string of the molecule is CC(C)Cn1nccc1NC1CC(C)N(C2CC2)C1. The van der Waals surface area contributed by atoms with Crippen LogP contribution < -0.4 is 5.32 Å². The van der Waals surface area contributed by atoms with Crippen LogP contribution >= 0.6 is 0 Å². The molecular formula is C15H26N4. The second-order valence-electron chi connectivity index (χ2n) is 6.65. The van der Waals surface area contributed by atoms with Gasteiger partial charge in [-0.3, -0.25) is 4.90 Å². The van der Waals surface area contributed by atoms with E-state index in [1.807, 2.05) is 6.20 Å². The van der Waals surface area contributed by atoms with Crippen LogP contribution in [0, 0.1) is 5.92 Å². The molecule has 1 saturated heterocycles. The van der Waals surface area contributed by atoms with Gasteiger partial charge >= 0.3 is 0 Å². The molecule has 2 fully saturated rings. The first-order valence-electron chi connectivity index (χ1n) is 7.67. The third-order valence-corrected chi connectivity index (χ3v) is 4.25. The molecule has 0 radical (unpaired) electrons. The first-order valence-corrected chi connectivity index (χ1v) is 7.67. The van der Waals surface area contributed by atoms with Gasteiger partial charge in [0.2, 0.25) is 0 Å². The molecule has 106 valence electrons. The average molecular weight is 262 g/mol. The van der Waals surface area contributed by atoms with Crippen molar-refractivity contribution in [2.24, 2.45) is 5.92 Å². The van der Waals surface area contributed by atoms with Gasteiger partial charge in [0.25, 0.3) is 0 Å². The highest BCUT2D eigenvalue weighted by Crippen LogP contribution is 2.34. The molecular weight excluding hydrogens is 236 g/mol. The van der Waals surface area contributed by atoms with Gasteiger partial charge in [-0.2, -0.15) is 5.10 Å². The van der Waals surface area contributed by atoms with Gasteiger partial charge in [-0.15, -0.1) is 0 Å². The third-order valence-electron chi connectivity index (χ3n) is 4.25. The van der Waals surface area contributed by atoms with Crippen molar-refractivity contribution in [3.05, 3.63) is 12.3 Å². The van der Waals surface area contributed by atoms with Gasteiger partial charge in [0.15, 0.2) is 0 Å². The van der Waals surface area contributed by atoms with Crippen LogP contribution in [0.4, 0.5) is 5.82 Å². The minimum Gasteiger partial charge on any atom is -0.366 e. The van der Waals surface area contributed by atoms with Gasteiger partial charge in [0.1, 0.15) is 5.82 Å². The van der Waals surface area contributed by atoms with Gasteiger partial charge in [0.05, 0.1) is 6.20 Å². The van der Waals surface area contributed by atoms with E-state index in [4.69, 9.17) is 0 Å². The number of rotatable bonds is 5. The van der Waals surface area contributed by atoms with Crippen molar-refractivity contribution in [2.45, 2.75) is 64.7 Å². The van der Waals surface area contributed by atoms with Crippen molar-refractivity contribution < 1.29 is 0 Å². The van der Waals surface area contributed by atoms with Crippen molar-refractivity contribution >= 4 is 5.82 Å². The van der Waals surface area contributed by atoms with E-state index in [0.717, 1.165) is 18.6 Å². The summed E-state index contributed by atoms with van der Waals surface area (Å²) >= 11 is 0. The van der Waals surface area contributed by atoms with E-state index < -0.39 is 0 Å². The Balaban J connectivity index is 1.61. The fourth-order valence-corrected chi connectivity index (χ4v) is 3.23. The molecule has 3 rings (SSSR count). The minimum atomic E-state index is 0.582. The molecule has 1 N–H and O–H groups in total. The topological polar surface area (TPSA) is 33.1 Å². The van der Waals surface area contributed by atoms with Crippen LogP contribution in [0.5, 0.6) is 0 Å². The van der Waals surface area contributed by atoms with E-state index >= 15 is 0 Å². The lowest BCUT2D eigenvalue weighted by atomic mass is 10.2. The van der Waals surface area contributed by atoms with Gasteiger partial charge < -0.3 is 5.32 Å². The summed E-state index contributed by atoms with van der Waals surface area (Å²) in [5.74, 6) is 1.81. The highest BCUT2D eigenvalue weighted by molar-refractivity contribution is 5.36. The van der Waals surface area contributed by atoms with E-state index in [1.54, 1.807) is 0 Å². The Morgan fingerprint density at radius 3 is 2.89 bits per heavy atom. The zero-order valence-corrected chi connectivity index (χ0v) is 12.3. The standard InChI is InChI=1S/C15H26N4/c1-11(2)9-19-15(6-7-16-19)17-13-8-12(3)18(10-13)14-4-5-14/h6-7,11-14,17H,4-5,8-10H2,1-3H3. The summed E-state index contributed by atoms with van der Waals surface area (Å²) in [5.41, 5.74) is 0. The molecule has 1 aliphatic carbocycles. The maximum absolute atomic E-state index is 4.42. The molecule has 0 bridgehead atoms. The van der Waals surface area contributed by atoms with Gasteiger partial charge in [-0.25, -0.2) is 4.68 Å². The van der Waals surface area contributed by atoms with Crippen LogP contribution in [-0.2, 0) is 6.54 Å². The number of anilines is 1. The van der Waals surface area contributed by atoms with E-state index in [1.165, 1.54) is 31.6 Å². The predicted molar refractivity (Wildman–Crippen MR) is 78.3 cm³/mol. The van der Waals surface area contributed by atoms with Crippen molar-refractivity contribution in [1.82, 2.24) is 14.7 Å². The molecule has 0 aromatic carbocycles. The zero-order chi connectivity index (χ0) is 13.4. The number of hydrogen-bond donors (Lipinski definition) is 1. The van der Waals surface area contributed by atoms with Crippen molar-refractivity contribution in [3.63, 3.8) is 0 Å². The van der Waals surface area contributed by atoms with Crippen LogP contribution in [0.1, 0.15) is 40.0 Å². The quantitative estimate of drug-likeness (QED) is 0.885. The molecule has 2 aliphatic rings. The second kappa shape index (κ2) is 5.16. The molecule has 1 aliphatic heterocycles. The monoisotopic (exact) mass is 262 g/mol. The second-order valence-corrected chi connectivity index (χ2v) is 6.65.